The van der Waals surface area contributed by atoms with Crippen molar-refractivity contribution < 1.29 is 4.74 Å². The van der Waals surface area contributed by atoms with Crippen LogP contribution in [-0.4, -0.2) is 49.0 Å². The molecule has 0 spiro atoms. The van der Waals surface area contributed by atoms with Crippen LogP contribution < -0.4 is 16.0 Å². The predicted molar refractivity (Wildman–Crippen MR) is 121 cm³/mol. The molecule has 0 saturated carbocycles. The van der Waals surface area contributed by atoms with Gasteiger partial charge in [0.2, 0.25) is 0 Å². The molecule has 1 aromatic heterocycles. The first-order chi connectivity index (χ1) is 14.0. The van der Waals surface area contributed by atoms with Gasteiger partial charge in [-0.15, -0.1) is 6.58 Å². The van der Waals surface area contributed by atoms with E-state index >= 15 is 0 Å². The van der Waals surface area contributed by atoms with Crippen LogP contribution in [0.2, 0.25) is 0 Å². The maximum Gasteiger partial charge on any atom is 0.132 e. The number of hydrogen-bond acceptors (Lipinski definition) is 7. The monoisotopic (exact) mass is 398 g/mol. The predicted octanol–water partition coefficient (Wildman–Crippen LogP) is 3.18. The van der Waals surface area contributed by atoms with Crippen LogP contribution in [0.4, 0.5) is 5.82 Å². The van der Waals surface area contributed by atoms with E-state index in [0.29, 0.717) is 35.9 Å². The first-order valence-electron chi connectivity index (χ1n) is 9.83. The number of anilines is 1. The van der Waals surface area contributed by atoms with Crippen LogP contribution in [0.25, 0.3) is 0 Å². The Labute approximate surface area is 174 Å². The van der Waals surface area contributed by atoms with Gasteiger partial charge in [-0.3, -0.25) is 5.41 Å². The van der Waals surface area contributed by atoms with Crippen LogP contribution in [-0.2, 0) is 4.74 Å². The van der Waals surface area contributed by atoms with E-state index in [2.05, 4.69) is 40.3 Å². The average Bonchev–Trinajstić information content (AvgIpc) is 2.74. The molecule has 0 atom stereocenters. The van der Waals surface area contributed by atoms with Gasteiger partial charge >= 0.3 is 0 Å². The van der Waals surface area contributed by atoms with E-state index in [1.165, 1.54) is 12.4 Å². The van der Waals surface area contributed by atoms with Crippen molar-refractivity contribution in [2.45, 2.75) is 26.7 Å². The lowest BCUT2D eigenvalue weighted by molar-refractivity contribution is 0.209. The summed E-state index contributed by atoms with van der Waals surface area (Å²) in [5.74, 6) is 1.42. The second-order valence-electron chi connectivity index (χ2n) is 6.50. The van der Waals surface area contributed by atoms with Crippen molar-refractivity contribution in [3.8, 4) is 0 Å². The third-order valence-corrected chi connectivity index (χ3v) is 4.19. The molecule has 0 amide bonds. The van der Waals surface area contributed by atoms with Gasteiger partial charge in [-0.25, -0.2) is 9.97 Å². The van der Waals surface area contributed by atoms with Crippen molar-refractivity contribution in [2.24, 2.45) is 5.73 Å². The summed E-state index contributed by atoms with van der Waals surface area (Å²) in [5, 5.41) is 11.8. The molecule has 0 aliphatic rings. The van der Waals surface area contributed by atoms with E-state index in [0.717, 1.165) is 31.7 Å². The first kappa shape index (κ1) is 24.1. The van der Waals surface area contributed by atoms with E-state index in [1.807, 2.05) is 20.0 Å². The van der Waals surface area contributed by atoms with Crippen LogP contribution >= 0.6 is 0 Å². The Morgan fingerprint density at radius 2 is 2.14 bits per heavy atom. The Bertz CT molecular complexity index is 753. The quantitative estimate of drug-likeness (QED) is 0.146. The second-order valence-corrected chi connectivity index (χ2v) is 6.50. The molecule has 1 heterocycles. The Morgan fingerprint density at radius 3 is 2.76 bits per heavy atom. The Hall–Kier alpha value is -2.93. The zero-order chi connectivity index (χ0) is 21.6. The van der Waals surface area contributed by atoms with Crippen LogP contribution in [0.5, 0.6) is 0 Å². The van der Waals surface area contributed by atoms with Gasteiger partial charge in [0.05, 0.1) is 23.8 Å². The number of likely N-dealkylation sites (N-methyl/N-ethyl adjacent to an activating group) is 1. The summed E-state index contributed by atoms with van der Waals surface area (Å²) in [7, 11) is 1.90. The second kappa shape index (κ2) is 13.3. The molecule has 7 heteroatoms. The number of hydrogen-bond donors (Lipinski definition) is 3. The summed E-state index contributed by atoms with van der Waals surface area (Å²) >= 11 is 0. The molecule has 1 rings (SSSR count). The lowest BCUT2D eigenvalue weighted by Gasteiger charge is -2.22. The topological polar surface area (TPSA) is 100 Å². The zero-order valence-electron chi connectivity index (χ0n) is 17.9. The van der Waals surface area contributed by atoms with E-state index < -0.39 is 0 Å². The molecule has 1 aromatic rings. The molecule has 7 nitrogen and oxygen atoms in total. The van der Waals surface area contributed by atoms with Crippen molar-refractivity contribution >= 4 is 11.5 Å². The van der Waals surface area contributed by atoms with E-state index in [1.54, 1.807) is 12.1 Å². The standard InChI is InChI=1S/C22H34N6O/c1-6-9-13-29-17(4)14-18(19(23)8-3)22(24)20-15-21(27-16-26-20)28(11-7-2)12-10-25-5/h7-8,14-16,24-25H,2-3,6,9-13,23H2,1,4-5H3/b17-14+,19-18-,24-22?. The summed E-state index contributed by atoms with van der Waals surface area (Å²) in [6.07, 6.45) is 8.60. The molecule has 0 aliphatic carbocycles. The van der Waals surface area contributed by atoms with Crippen molar-refractivity contribution in [2.75, 3.05) is 38.2 Å². The molecule has 0 fully saturated rings. The molecule has 0 radical (unpaired) electrons. The van der Waals surface area contributed by atoms with Crippen molar-refractivity contribution in [3.63, 3.8) is 0 Å². The minimum absolute atomic E-state index is 0.191. The number of aromatic nitrogens is 2. The largest absolute Gasteiger partial charge is 0.498 e. The van der Waals surface area contributed by atoms with Gasteiger partial charge in [-0.1, -0.05) is 26.0 Å². The molecule has 0 saturated heterocycles. The van der Waals surface area contributed by atoms with Gasteiger partial charge in [0.1, 0.15) is 12.1 Å². The number of rotatable bonds is 14. The molecule has 29 heavy (non-hydrogen) atoms. The fourth-order valence-electron chi connectivity index (χ4n) is 2.53. The minimum Gasteiger partial charge on any atom is -0.498 e. The lowest BCUT2D eigenvalue weighted by atomic mass is 10.0. The maximum atomic E-state index is 8.68. The SMILES string of the molecule is C=CCN(CCNC)c1cc(C(=N)C(/C=C(\C)OCCCC)=C(\N)C=C)ncn1. The number of ether oxygens (including phenoxy) is 1. The van der Waals surface area contributed by atoms with Crippen LogP contribution in [0, 0.1) is 5.41 Å². The number of allylic oxidation sites excluding steroid dienone is 4. The van der Waals surface area contributed by atoms with Gasteiger partial charge in [-0.2, -0.15) is 0 Å². The van der Waals surface area contributed by atoms with Gasteiger partial charge in [-0.05, 0) is 32.5 Å². The van der Waals surface area contributed by atoms with E-state index in [-0.39, 0.29) is 5.71 Å². The molecular formula is C22H34N6O. The maximum absolute atomic E-state index is 8.68. The smallest absolute Gasteiger partial charge is 0.132 e. The van der Waals surface area contributed by atoms with Crippen LogP contribution in [0.3, 0.4) is 0 Å². The van der Waals surface area contributed by atoms with Gasteiger partial charge in [0, 0.05) is 37.0 Å². The zero-order valence-corrected chi connectivity index (χ0v) is 17.9. The Kier molecular flexibility index (Phi) is 11.0. The van der Waals surface area contributed by atoms with Crippen molar-refractivity contribution in [1.29, 1.82) is 5.41 Å². The number of nitrogens with two attached hydrogens (primary N) is 1. The van der Waals surface area contributed by atoms with Gasteiger partial charge < -0.3 is 20.7 Å². The summed E-state index contributed by atoms with van der Waals surface area (Å²) in [6.45, 7) is 14.4. The highest BCUT2D eigenvalue weighted by molar-refractivity contribution is 6.12. The van der Waals surface area contributed by atoms with E-state index in [4.69, 9.17) is 15.9 Å². The van der Waals surface area contributed by atoms with Crippen LogP contribution in [0.1, 0.15) is 32.4 Å². The normalized spacial score (nSPS) is 12.2. The fourth-order valence-corrected chi connectivity index (χ4v) is 2.53. The van der Waals surface area contributed by atoms with Crippen LogP contribution in [0.15, 0.2) is 60.8 Å². The number of nitrogens with one attached hydrogen (secondary N) is 2. The van der Waals surface area contributed by atoms with Crippen molar-refractivity contribution in [3.05, 3.63) is 66.5 Å². The number of unbranched alkanes of at least 4 members (excludes halogenated alkanes) is 1. The first-order valence-corrected chi connectivity index (χ1v) is 9.83. The summed E-state index contributed by atoms with van der Waals surface area (Å²) < 4.78 is 5.71. The highest BCUT2D eigenvalue weighted by Crippen LogP contribution is 2.17. The molecule has 0 aliphatic heterocycles. The Morgan fingerprint density at radius 1 is 1.38 bits per heavy atom. The lowest BCUT2D eigenvalue weighted by Crippen LogP contribution is -2.31. The fraction of sp³-hybridized carbons (Fsp3) is 0.409. The third kappa shape index (κ3) is 7.91. The molecular weight excluding hydrogens is 364 g/mol. The van der Waals surface area contributed by atoms with Gasteiger partial charge in [0.15, 0.2) is 0 Å². The minimum atomic E-state index is 0.191. The van der Waals surface area contributed by atoms with Crippen molar-refractivity contribution in [1.82, 2.24) is 15.3 Å². The molecule has 0 aromatic carbocycles. The summed E-state index contributed by atoms with van der Waals surface area (Å²) in [5.41, 5.74) is 7.70. The highest BCUT2D eigenvalue weighted by atomic mass is 16.5. The molecule has 0 unspecified atom stereocenters. The van der Waals surface area contributed by atoms with Gasteiger partial charge in [0.25, 0.3) is 0 Å². The molecule has 4 N–H and O–H groups in total. The Balaban J connectivity index is 3.19. The molecule has 158 valence electrons. The molecule has 0 bridgehead atoms. The highest BCUT2D eigenvalue weighted by Gasteiger charge is 2.14. The average molecular weight is 399 g/mol. The third-order valence-electron chi connectivity index (χ3n) is 4.19. The summed E-state index contributed by atoms with van der Waals surface area (Å²) in [6, 6.07) is 1.79. The number of nitrogens with zero attached hydrogens (tertiary/aromatic N) is 3. The summed E-state index contributed by atoms with van der Waals surface area (Å²) in [4.78, 5) is 10.7. The van der Waals surface area contributed by atoms with E-state index in [9.17, 15) is 0 Å².